The zero-order valence-electron chi connectivity index (χ0n) is 11.9. The van der Waals surface area contributed by atoms with E-state index in [2.05, 4.69) is 12.1 Å². The average molecular weight is 280 g/mol. The summed E-state index contributed by atoms with van der Waals surface area (Å²) < 4.78 is 4.95. The molecule has 1 atom stereocenters. The second-order valence-corrected chi connectivity index (χ2v) is 4.96. The third-order valence-electron chi connectivity index (χ3n) is 3.80. The van der Waals surface area contributed by atoms with Crippen LogP contribution in [-0.2, 0) is 9.53 Å². The molecule has 0 N–H and O–H groups in total. The minimum atomic E-state index is -1.28. The lowest BCUT2D eigenvalue weighted by Gasteiger charge is -2.24. The van der Waals surface area contributed by atoms with Crippen molar-refractivity contribution in [3.8, 4) is 12.1 Å². The SMILES string of the molecule is CCOC(=O)CC1CC=C(c2ccccc2)C1(C#N)C#N. The van der Waals surface area contributed by atoms with Crippen LogP contribution in [0.3, 0.4) is 0 Å². The van der Waals surface area contributed by atoms with Crippen LogP contribution < -0.4 is 0 Å². The van der Waals surface area contributed by atoms with Gasteiger partial charge in [0.1, 0.15) is 0 Å². The number of hydrogen-bond donors (Lipinski definition) is 0. The normalized spacial score (nSPS) is 19.2. The molecule has 1 aromatic rings. The van der Waals surface area contributed by atoms with E-state index >= 15 is 0 Å². The van der Waals surface area contributed by atoms with E-state index in [1.54, 1.807) is 6.92 Å². The maximum absolute atomic E-state index is 11.7. The summed E-state index contributed by atoms with van der Waals surface area (Å²) >= 11 is 0. The molecule has 1 aliphatic carbocycles. The number of rotatable bonds is 4. The monoisotopic (exact) mass is 280 g/mol. The van der Waals surface area contributed by atoms with Crippen molar-refractivity contribution in [2.24, 2.45) is 11.3 Å². The topological polar surface area (TPSA) is 73.9 Å². The summed E-state index contributed by atoms with van der Waals surface area (Å²) in [4.78, 5) is 11.7. The Balaban J connectivity index is 2.32. The predicted octanol–water partition coefficient (Wildman–Crippen LogP) is 3.08. The lowest BCUT2D eigenvalue weighted by atomic mass is 9.72. The minimum Gasteiger partial charge on any atom is -0.466 e. The van der Waals surface area contributed by atoms with Crippen molar-refractivity contribution in [2.45, 2.75) is 19.8 Å². The molecule has 21 heavy (non-hydrogen) atoms. The molecule has 1 unspecified atom stereocenters. The summed E-state index contributed by atoms with van der Waals surface area (Å²) in [7, 11) is 0. The third kappa shape index (κ3) is 2.66. The summed E-state index contributed by atoms with van der Waals surface area (Å²) in [6.07, 6.45) is 2.51. The summed E-state index contributed by atoms with van der Waals surface area (Å²) in [5, 5.41) is 19.2. The van der Waals surface area contributed by atoms with Crippen LogP contribution in [0.25, 0.3) is 5.57 Å². The summed E-state index contributed by atoms with van der Waals surface area (Å²) in [6, 6.07) is 13.6. The number of carbonyl (C=O) groups excluding carboxylic acids is 1. The molecule has 0 aliphatic heterocycles. The van der Waals surface area contributed by atoms with Gasteiger partial charge in [0.05, 0.1) is 25.2 Å². The van der Waals surface area contributed by atoms with Crippen LogP contribution in [-0.4, -0.2) is 12.6 Å². The number of carbonyl (C=O) groups is 1. The Morgan fingerprint density at radius 2 is 2.00 bits per heavy atom. The van der Waals surface area contributed by atoms with Crippen LogP contribution in [0.1, 0.15) is 25.3 Å². The molecule has 0 bridgehead atoms. The zero-order chi connectivity index (χ0) is 15.3. The first-order valence-electron chi connectivity index (χ1n) is 6.92. The molecule has 4 nitrogen and oxygen atoms in total. The number of allylic oxidation sites excluding steroid dienone is 2. The first-order valence-corrected chi connectivity index (χ1v) is 6.92. The van der Waals surface area contributed by atoms with Gasteiger partial charge in [0.2, 0.25) is 0 Å². The van der Waals surface area contributed by atoms with Crippen molar-refractivity contribution < 1.29 is 9.53 Å². The number of nitriles is 2. The van der Waals surface area contributed by atoms with Gasteiger partial charge in [-0.1, -0.05) is 36.4 Å². The van der Waals surface area contributed by atoms with Crippen molar-refractivity contribution in [3.05, 3.63) is 42.0 Å². The van der Waals surface area contributed by atoms with Crippen molar-refractivity contribution in [1.29, 1.82) is 10.5 Å². The van der Waals surface area contributed by atoms with E-state index in [0.717, 1.165) is 5.56 Å². The van der Waals surface area contributed by atoms with E-state index in [1.165, 1.54) is 0 Å². The molecule has 0 heterocycles. The predicted molar refractivity (Wildman–Crippen MR) is 77.4 cm³/mol. The summed E-state index contributed by atoms with van der Waals surface area (Å²) in [6.45, 7) is 2.04. The first kappa shape index (κ1) is 14.8. The van der Waals surface area contributed by atoms with Crippen LogP contribution >= 0.6 is 0 Å². The van der Waals surface area contributed by atoms with Gasteiger partial charge in [0.25, 0.3) is 0 Å². The average Bonchev–Trinajstić information content (AvgIpc) is 2.87. The van der Waals surface area contributed by atoms with Crippen molar-refractivity contribution >= 4 is 11.5 Å². The van der Waals surface area contributed by atoms with E-state index < -0.39 is 5.41 Å². The molecule has 1 aliphatic rings. The molecule has 1 aromatic carbocycles. The quantitative estimate of drug-likeness (QED) is 0.794. The van der Waals surface area contributed by atoms with E-state index in [9.17, 15) is 15.3 Å². The molecular weight excluding hydrogens is 264 g/mol. The fourth-order valence-electron chi connectivity index (χ4n) is 2.77. The van der Waals surface area contributed by atoms with E-state index in [0.29, 0.717) is 18.6 Å². The fourth-order valence-corrected chi connectivity index (χ4v) is 2.77. The van der Waals surface area contributed by atoms with Crippen molar-refractivity contribution in [2.75, 3.05) is 6.61 Å². The molecule has 0 saturated carbocycles. The second kappa shape index (κ2) is 6.24. The van der Waals surface area contributed by atoms with Gasteiger partial charge in [-0.05, 0) is 24.5 Å². The number of benzene rings is 1. The summed E-state index contributed by atoms with van der Waals surface area (Å²) in [5.41, 5.74) is 0.267. The Labute approximate surface area is 124 Å². The van der Waals surface area contributed by atoms with Gasteiger partial charge < -0.3 is 4.74 Å². The highest BCUT2D eigenvalue weighted by Gasteiger charge is 2.48. The van der Waals surface area contributed by atoms with Gasteiger partial charge >= 0.3 is 5.97 Å². The molecule has 0 spiro atoms. The molecule has 0 amide bonds. The van der Waals surface area contributed by atoms with Gasteiger partial charge in [-0.15, -0.1) is 0 Å². The zero-order valence-corrected chi connectivity index (χ0v) is 11.9. The number of hydrogen-bond acceptors (Lipinski definition) is 4. The van der Waals surface area contributed by atoms with Crippen molar-refractivity contribution in [1.82, 2.24) is 0 Å². The van der Waals surface area contributed by atoms with Crippen LogP contribution in [0, 0.1) is 34.0 Å². The molecule has 2 rings (SSSR count). The van der Waals surface area contributed by atoms with Crippen LogP contribution in [0.2, 0.25) is 0 Å². The summed E-state index contributed by atoms with van der Waals surface area (Å²) in [5.74, 6) is -0.721. The van der Waals surface area contributed by atoms with Gasteiger partial charge in [-0.25, -0.2) is 0 Å². The molecule has 0 saturated heterocycles. The number of ether oxygens (including phenoxy) is 1. The molecule has 106 valence electrons. The van der Waals surface area contributed by atoms with Gasteiger partial charge in [-0.3, -0.25) is 4.79 Å². The largest absolute Gasteiger partial charge is 0.466 e. The van der Waals surface area contributed by atoms with Gasteiger partial charge in [0, 0.05) is 5.92 Å². The van der Waals surface area contributed by atoms with E-state index in [-0.39, 0.29) is 18.3 Å². The third-order valence-corrected chi connectivity index (χ3v) is 3.80. The van der Waals surface area contributed by atoms with Crippen LogP contribution in [0.4, 0.5) is 0 Å². The lowest BCUT2D eigenvalue weighted by molar-refractivity contribution is -0.144. The highest BCUT2D eigenvalue weighted by atomic mass is 16.5. The number of esters is 1. The lowest BCUT2D eigenvalue weighted by Crippen LogP contribution is -2.27. The molecular formula is C17H16N2O2. The van der Waals surface area contributed by atoms with Gasteiger partial charge in [0.15, 0.2) is 5.41 Å². The Bertz CT molecular complexity index is 621. The second-order valence-electron chi connectivity index (χ2n) is 4.96. The maximum atomic E-state index is 11.7. The molecule has 0 radical (unpaired) electrons. The first-order chi connectivity index (χ1) is 10.2. The van der Waals surface area contributed by atoms with Crippen LogP contribution in [0.15, 0.2) is 36.4 Å². The van der Waals surface area contributed by atoms with Crippen molar-refractivity contribution in [3.63, 3.8) is 0 Å². The highest BCUT2D eigenvalue weighted by molar-refractivity contribution is 5.80. The van der Waals surface area contributed by atoms with Gasteiger partial charge in [-0.2, -0.15) is 10.5 Å². The maximum Gasteiger partial charge on any atom is 0.306 e. The Morgan fingerprint density at radius 1 is 1.33 bits per heavy atom. The fraction of sp³-hybridized carbons (Fsp3) is 0.353. The van der Waals surface area contributed by atoms with Crippen LogP contribution in [0.5, 0.6) is 0 Å². The van der Waals surface area contributed by atoms with E-state index in [4.69, 9.17) is 4.74 Å². The Kier molecular flexibility index (Phi) is 4.40. The molecule has 0 fully saturated rings. The highest BCUT2D eigenvalue weighted by Crippen LogP contribution is 2.49. The minimum absolute atomic E-state index is 0.0851. The smallest absolute Gasteiger partial charge is 0.306 e. The molecule has 0 aromatic heterocycles. The van der Waals surface area contributed by atoms with E-state index in [1.807, 2.05) is 36.4 Å². The number of nitrogens with zero attached hydrogens (tertiary/aromatic N) is 2. The Morgan fingerprint density at radius 3 is 2.57 bits per heavy atom. The molecule has 4 heteroatoms. The standard InChI is InChI=1S/C17H16N2O2/c1-2-21-16(20)10-14-8-9-15(17(14,11-18)12-19)13-6-4-3-5-7-13/h3-7,9,14H,2,8,10H2,1H3. The Hall–Kier alpha value is -2.59.